The minimum absolute atomic E-state index is 0.250. The fourth-order valence-corrected chi connectivity index (χ4v) is 1.77. The lowest BCUT2D eigenvalue weighted by molar-refractivity contribution is -0.117. The summed E-state index contributed by atoms with van der Waals surface area (Å²) in [5.41, 5.74) is 6.18. The normalized spacial score (nSPS) is 18.9. The highest BCUT2D eigenvalue weighted by atomic mass is 19.2. The summed E-state index contributed by atoms with van der Waals surface area (Å²) in [6.07, 6.45) is 0.434. The summed E-state index contributed by atoms with van der Waals surface area (Å²) in [5.74, 6) is -2.60. The van der Waals surface area contributed by atoms with Gasteiger partial charge in [-0.1, -0.05) is 0 Å². The summed E-state index contributed by atoms with van der Waals surface area (Å²) in [7, 11) is 0. The Hall–Kier alpha value is -1.49. The number of benzene rings is 1. The zero-order valence-corrected chi connectivity index (χ0v) is 7.89. The topological polar surface area (TPSA) is 55.1 Å². The average Bonchev–Trinajstić information content (AvgIpc) is 2.46. The van der Waals surface area contributed by atoms with Crippen LogP contribution in [0.3, 0.4) is 0 Å². The Morgan fingerprint density at radius 3 is 2.67 bits per heavy atom. The van der Waals surface area contributed by atoms with Crippen molar-refractivity contribution in [3.05, 3.63) is 29.3 Å². The van der Waals surface area contributed by atoms with Crippen LogP contribution in [0.5, 0.6) is 0 Å². The molecule has 0 spiro atoms. The molecule has 80 valence electrons. The highest BCUT2D eigenvalue weighted by Crippen LogP contribution is 2.35. The van der Waals surface area contributed by atoms with Gasteiger partial charge >= 0.3 is 0 Å². The van der Waals surface area contributed by atoms with Crippen molar-refractivity contribution in [1.82, 2.24) is 0 Å². The number of halogens is 2. The van der Waals surface area contributed by atoms with Gasteiger partial charge in [0.25, 0.3) is 0 Å². The fraction of sp³-hybridized carbons (Fsp3) is 0.300. The summed E-state index contributed by atoms with van der Waals surface area (Å²) in [5, 5.41) is 2.50. The van der Waals surface area contributed by atoms with Gasteiger partial charge in [0.15, 0.2) is 11.6 Å². The van der Waals surface area contributed by atoms with Crippen molar-refractivity contribution in [2.24, 2.45) is 5.73 Å². The Balaban J connectivity index is 2.44. The van der Waals surface area contributed by atoms with Crippen LogP contribution in [-0.4, -0.2) is 12.5 Å². The molecule has 0 saturated heterocycles. The van der Waals surface area contributed by atoms with Crippen LogP contribution in [0.25, 0.3) is 0 Å². The number of amides is 1. The first-order valence-electron chi connectivity index (χ1n) is 4.63. The van der Waals surface area contributed by atoms with Crippen LogP contribution in [0.15, 0.2) is 12.1 Å². The van der Waals surface area contributed by atoms with Crippen molar-refractivity contribution >= 4 is 11.6 Å². The predicted molar refractivity (Wildman–Crippen MR) is 51.4 cm³/mol. The minimum Gasteiger partial charge on any atom is -0.330 e. The summed E-state index contributed by atoms with van der Waals surface area (Å²) >= 11 is 0. The van der Waals surface area contributed by atoms with Crippen LogP contribution < -0.4 is 11.1 Å². The predicted octanol–water partition coefficient (Wildman–Crippen LogP) is 1.35. The third kappa shape index (κ3) is 1.59. The molecule has 1 aliphatic heterocycles. The number of carbonyl (C=O) groups is 1. The first-order valence-corrected chi connectivity index (χ1v) is 4.63. The lowest BCUT2D eigenvalue weighted by atomic mass is 9.97. The van der Waals surface area contributed by atoms with Crippen molar-refractivity contribution in [2.45, 2.75) is 12.3 Å². The van der Waals surface area contributed by atoms with Gasteiger partial charge in [-0.2, -0.15) is 0 Å². The molecule has 3 N–H and O–H groups in total. The Morgan fingerprint density at radius 2 is 2.00 bits per heavy atom. The zero-order valence-electron chi connectivity index (χ0n) is 7.89. The molecular formula is C10H10F2N2O. The molecule has 0 fully saturated rings. The van der Waals surface area contributed by atoms with Crippen LogP contribution in [0.4, 0.5) is 14.5 Å². The van der Waals surface area contributed by atoms with Crippen LogP contribution in [0.2, 0.25) is 0 Å². The number of carbonyl (C=O) groups excluding carboxylic acids is 1. The van der Waals surface area contributed by atoms with Crippen molar-refractivity contribution in [3.63, 3.8) is 0 Å². The van der Waals surface area contributed by atoms with E-state index in [1.165, 1.54) is 0 Å². The van der Waals surface area contributed by atoms with Gasteiger partial charge in [-0.15, -0.1) is 0 Å². The van der Waals surface area contributed by atoms with Gasteiger partial charge < -0.3 is 11.1 Å². The molecule has 1 aromatic rings. The minimum atomic E-state index is -0.956. The second-order valence-corrected chi connectivity index (χ2v) is 3.47. The maximum absolute atomic E-state index is 13.0. The number of fused-ring (bicyclic) bond motifs is 1. The first kappa shape index (κ1) is 10.0. The van der Waals surface area contributed by atoms with E-state index in [4.69, 9.17) is 5.73 Å². The quantitative estimate of drug-likeness (QED) is 0.777. The summed E-state index contributed by atoms with van der Waals surface area (Å²) < 4.78 is 25.8. The monoisotopic (exact) mass is 212 g/mol. The molecule has 1 heterocycles. The lowest BCUT2D eigenvalue weighted by Crippen LogP contribution is -2.15. The third-order valence-corrected chi connectivity index (χ3v) is 2.50. The second-order valence-electron chi connectivity index (χ2n) is 3.47. The molecule has 3 nitrogen and oxygen atoms in total. The SMILES string of the molecule is NCCC1C(=O)Nc2cc(F)c(F)cc21. The van der Waals surface area contributed by atoms with E-state index in [1.807, 2.05) is 0 Å². The zero-order chi connectivity index (χ0) is 11.0. The molecule has 15 heavy (non-hydrogen) atoms. The first-order chi connectivity index (χ1) is 7.13. The van der Waals surface area contributed by atoms with Crippen LogP contribution >= 0.6 is 0 Å². The van der Waals surface area contributed by atoms with Gasteiger partial charge in [-0.3, -0.25) is 4.79 Å². The van der Waals surface area contributed by atoms with E-state index in [0.717, 1.165) is 12.1 Å². The van der Waals surface area contributed by atoms with Crippen molar-refractivity contribution in [3.8, 4) is 0 Å². The number of anilines is 1. The summed E-state index contributed by atoms with van der Waals surface area (Å²) in [6, 6.07) is 2.06. The lowest BCUT2D eigenvalue weighted by Gasteiger charge is -2.06. The van der Waals surface area contributed by atoms with E-state index < -0.39 is 17.6 Å². The molecule has 1 aromatic carbocycles. The fourth-order valence-electron chi connectivity index (χ4n) is 1.77. The molecule has 1 atom stereocenters. The van der Waals surface area contributed by atoms with Crippen molar-refractivity contribution in [2.75, 3.05) is 11.9 Å². The average molecular weight is 212 g/mol. The van der Waals surface area contributed by atoms with Crippen LogP contribution in [0.1, 0.15) is 17.9 Å². The van der Waals surface area contributed by atoms with Gasteiger partial charge in [0.2, 0.25) is 5.91 Å². The number of nitrogens with two attached hydrogens (primary N) is 1. The standard InChI is InChI=1S/C10H10F2N2O/c11-7-3-6-5(1-2-13)10(15)14-9(6)4-8(7)12/h3-5H,1-2,13H2,(H,14,15). The molecule has 0 saturated carbocycles. The van der Waals surface area contributed by atoms with E-state index in [-0.39, 0.29) is 5.91 Å². The molecule has 1 unspecified atom stereocenters. The Labute approximate surface area is 85.3 Å². The maximum Gasteiger partial charge on any atom is 0.232 e. The van der Waals surface area contributed by atoms with Gasteiger partial charge in [0.1, 0.15) is 0 Å². The molecule has 1 amide bonds. The van der Waals surface area contributed by atoms with E-state index in [2.05, 4.69) is 5.32 Å². The maximum atomic E-state index is 13.0. The molecule has 5 heteroatoms. The van der Waals surface area contributed by atoms with Crippen LogP contribution in [-0.2, 0) is 4.79 Å². The van der Waals surface area contributed by atoms with Crippen molar-refractivity contribution in [1.29, 1.82) is 0 Å². The summed E-state index contributed by atoms with van der Waals surface area (Å²) in [4.78, 5) is 11.4. The van der Waals surface area contributed by atoms with Crippen LogP contribution in [0, 0.1) is 11.6 Å². The van der Waals surface area contributed by atoms with Crippen molar-refractivity contribution < 1.29 is 13.6 Å². The molecular weight excluding hydrogens is 202 g/mol. The van der Waals surface area contributed by atoms with Gasteiger partial charge in [0.05, 0.1) is 5.92 Å². The number of hydrogen-bond donors (Lipinski definition) is 2. The Morgan fingerprint density at radius 1 is 1.33 bits per heavy atom. The van der Waals surface area contributed by atoms with E-state index >= 15 is 0 Å². The highest BCUT2D eigenvalue weighted by Gasteiger charge is 2.31. The molecule has 0 aromatic heterocycles. The smallest absolute Gasteiger partial charge is 0.232 e. The van der Waals surface area contributed by atoms with E-state index in [0.29, 0.717) is 24.2 Å². The molecule has 0 aliphatic carbocycles. The van der Waals surface area contributed by atoms with E-state index in [1.54, 1.807) is 0 Å². The number of rotatable bonds is 2. The number of hydrogen-bond acceptors (Lipinski definition) is 2. The molecule has 2 rings (SSSR count). The molecule has 1 aliphatic rings. The van der Waals surface area contributed by atoms with E-state index in [9.17, 15) is 13.6 Å². The molecule has 0 radical (unpaired) electrons. The molecule has 0 bridgehead atoms. The number of nitrogens with one attached hydrogen (secondary N) is 1. The Kier molecular flexibility index (Phi) is 2.40. The summed E-state index contributed by atoms with van der Waals surface area (Å²) in [6.45, 7) is 0.330. The second kappa shape index (κ2) is 3.58. The highest BCUT2D eigenvalue weighted by molar-refractivity contribution is 6.02. The van der Waals surface area contributed by atoms with Gasteiger partial charge in [0, 0.05) is 11.8 Å². The third-order valence-electron chi connectivity index (χ3n) is 2.50. The van der Waals surface area contributed by atoms with Gasteiger partial charge in [-0.25, -0.2) is 8.78 Å². The Bertz CT molecular complexity index is 420. The largest absolute Gasteiger partial charge is 0.330 e. The van der Waals surface area contributed by atoms with Gasteiger partial charge in [-0.05, 0) is 24.6 Å².